The van der Waals surface area contributed by atoms with Gasteiger partial charge in [0, 0.05) is 18.3 Å². The van der Waals surface area contributed by atoms with E-state index >= 15 is 0 Å². The van der Waals surface area contributed by atoms with Crippen molar-refractivity contribution >= 4 is 17.5 Å². The molecule has 102 valence electrons. The van der Waals surface area contributed by atoms with Crippen molar-refractivity contribution in [3.05, 3.63) is 52.8 Å². The lowest BCUT2D eigenvalue weighted by Crippen LogP contribution is -2.23. The zero-order chi connectivity index (χ0) is 13.9. The molecule has 1 aromatic carbocycles. The molecule has 0 saturated carbocycles. The maximum atomic E-state index is 12.0. The van der Waals surface area contributed by atoms with Crippen LogP contribution in [0.1, 0.15) is 15.9 Å². The van der Waals surface area contributed by atoms with E-state index in [0.717, 1.165) is 5.56 Å². The molecule has 1 aromatic heterocycles. The van der Waals surface area contributed by atoms with Gasteiger partial charge in [-0.3, -0.25) is 4.79 Å². The number of nitrogens with one attached hydrogen (secondary N) is 1. The summed E-state index contributed by atoms with van der Waals surface area (Å²) >= 11 is 5.68. The highest BCUT2D eigenvalue weighted by Gasteiger charge is 2.17. The number of pyridine rings is 1. The number of benzene rings is 1. The number of nitrogens with zero attached hydrogens (tertiary/aromatic N) is 1. The fraction of sp³-hybridized carbons (Fsp3) is 0.143. The SMILES string of the molecule is O=C(NCc1cccc2c1OCO2)c1ccc(Cl)nc1. The van der Waals surface area contributed by atoms with Crippen LogP contribution in [-0.4, -0.2) is 17.7 Å². The Morgan fingerprint density at radius 1 is 1.30 bits per heavy atom. The van der Waals surface area contributed by atoms with E-state index in [4.69, 9.17) is 21.1 Å². The Morgan fingerprint density at radius 2 is 2.20 bits per heavy atom. The van der Waals surface area contributed by atoms with Crippen LogP contribution in [0.4, 0.5) is 0 Å². The second-order valence-electron chi connectivity index (χ2n) is 4.20. The first-order chi connectivity index (χ1) is 9.74. The molecule has 1 amide bonds. The first-order valence-electron chi connectivity index (χ1n) is 6.01. The largest absolute Gasteiger partial charge is 0.454 e. The monoisotopic (exact) mass is 290 g/mol. The highest BCUT2D eigenvalue weighted by atomic mass is 35.5. The number of halogens is 1. The van der Waals surface area contributed by atoms with Gasteiger partial charge >= 0.3 is 0 Å². The van der Waals surface area contributed by atoms with Crippen LogP contribution in [0.3, 0.4) is 0 Å². The summed E-state index contributed by atoms with van der Waals surface area (Å²) in [5.74, 6) is 1.16. The van der Waals surface area contributed by atoms with Crippen molar-refractivity contribution in [2.45, 2.75) is 6.54 Å². The van der Waals surface area contributed by atoms with E-state index in [1.165, 1.54) is 6.20 Å². The maximum Gasteiger partial charge on any atom is 0.253 e. The van der Waals surface area contributed by atoms with Crippen LogP contribution in [0.2, 0.25) is 5.15 Å². The average molecular weight is 291 g/mol. The normalized spacial score (nSPS) is 12.2. The van der Waals surface area contributed by atoms with Crippen molar-refractivity contribution < 1.29 is 14.3 Å². The van der Waals surface area contributed by atoms with Gasteiger partial charge in [-0.05, 0) is 18.2 Å². The number of aromatic nitrogens is 1. The number of hydrogen-bond acceptors (Lipinski definition) is 4. The highest BCUT2D eigenvalue weighted by Crippen LogP contribution is 2.35. The molecule has 0 atom stereocenters. The third-order valence-corrected chi connectivity index (χ3v) is 3.13. The van der Waals surface area contributed by atoms with Crippen LogP contribution < -0.4 is 14.8 Å². The summed E-state index contributed by atoms with van der Waals surface area (Å²) < 4.78 is 10.7. The Bertz CT molecular complexity index is 643. The average Bonchev–Trinajstić information content (AvgIpc) is 2.94. The van der Waals surface area contributed by atoms with E-state index in [2.05, 4.69) is 10.3 Å². The van der Waals surface area contributed by atoms with E-state index in [-0.39, 0.29) is 12.7 Å². The molecule has 2 aromatic rings. The maximum absolute atomic E-state index is 12.0. The van der Waals surface area contributed by atoms with Gasteiger partial charge in [-0.25, -0.2) is 4.98 Å². The number of amides is 1. The second kappa shape index (κ2) is 5.38. The van der Waals surface area contributed by atoms with Crippen LogP contribution in [0, 0.1) is 0 Å². The van der Waals surface area contributed by atoms with Crippen molar-refractivity contribution in [1.82, 2.24) is 10.3 Å². The van der Waals surface area contributed by atoms with E-state index in [1.54, 1.807) is 12.1 Å². The van der Waals surface area contributed by atoms with Gasteiger partial charge in [-0.2, -0.15) is 0 Å². The number of fused-ring (bicyclic) bond motifs is 1. The first-order valence-corrected chi connectivity index (χ1v) is 6.39. The van der Waals surface area contributed by atoms with Gasteiger partial charge in [0.2, 0.25) is 6.79 Å². The van der Waals surface area contributed by atoms with Crippen molar-refractivity contribution in [3.63, 3.8) is 0 Å². The Morgan fingerprint density at radius 3 is 3.00 bits per heavy atom. The van der Waals surface area contributed by atoms with Crippen molar-refractivity contribution in [1.29, 1.82) is 0 Å². The van der Waals surface area contributed by atoms with E-state index in [1.807, 2.05) is 18.2 Å². The zero-order valence-corrected chi connectivity index (χ0v) is 11.2. The Kier molecular flexibility index (Phi) is 3.43. The summed E-state index contributed by atoms with van der Waals surface area (Å²) in [6.45, 7) is 0.565. The number of ether oxygens (including phenoxy) is 2. The lowest BCUT2D eigenvalue weighted by Gasteiger charge is -2.07. The molecule has 1 aliphatic heterocycles. The van der Waals surface area contributed by atoms with Crippen molar-refractivity contribution in [3.8, 4) is 11.5 Å². The van der Waals surface area contributed by atoms with Gasteiger partial charge in [0.25, 0.3) is 5.91 Å². The molecule has 2 heterocycles. The van der Waals surface area contributed by atoms with Crippen LogP contribution in [0.25, 0.3) is 0 Å². The van der Waals surface area contributed by atoms with E-state index in [0.29, 0.717) is 28.8 Å². The molecule has 0 fully saturated rings. The first kappa shape index (κ1) is 12.7. The Labute approximate surface area is 120 Å². The van der Waals surface area contributed by atoms with Gasteiger partial charge in [-0.15, -0.1) is 0 Å². The summed E-state index contributed by atoms with van der Waals surface area (Å²) in [6.07, 6.45) is 1.44. The predicted octanol–water partition coefficient (Wildman–Crippen LogP) is 2.39. The zero-order valence-electron chi connectivity index (χ0n) is 10.4. The molecule has 0 aliphatic carbocycles. The number of rotatable bonds is 3. The molecule has 5 nitrogen and oxygen atoms in total. The summed E-state index contributed by atoms with van der Waals surface area (Å²) in [6, 6.07) is 8.77. The van der Waals surface area contributed by atoms with Gasteiger partial charge in [0.05, 0.1) is 5.56 Å². The Balaban J connectivity index is 1.69. The molecular formula is C14H11ClN2O3. The van der Waals surface area contributed by atoms with Gasteiger partial charge in [0.1, 0.15) is 5.15 Å². The predicted molar refractivity (Wildman–Crippen MR) is 73.0 cm³/mol. The fourth-order valence-corrected chi connectivity index (χ4v) is 2.03. The van der Waals surface area contributed by atoms with Crippen molar-refractivity contribution in [2.24, 2.45) is 0 Å². The molecule has 0 radical (unpaired) electrons. The molecule has 6 heteroatoms. The molecular weight excluding hydrogens is 280 g/mol. The minimum atomic E-state index is -0.217. The molecule has 0 saturated heterocycles. The fourth-order valence-electron chi connectivity index (χ4n) is 1.92. The minimum absolute atomic E-state index is 0.210. The van der Waals surface area contributed by atoms with Crippen LogP contribution in [0.5, 0.6) is 11.5 Å². The van der Waals surface area contributed by atoms with Crippen molar-refractivity contribution in [2.75, 3.05) is 6.79 Å². The third-order valence-electron chi connectivity index (χ3n) is 2.91. The molecule has 0 spiro atoms. The molecule has 3 rings (SSSR count). The van der Waals surface area contributed by atoms with Gasteiger partial charge in [0.15, 0.2) is 11.5 Å². The lowest BCUT2D eigenvalue weighted by atomic mass is 10.2. The second-order valence-corrected chi connectivity index (χ2v) is 4.59. The Hall–Kier alpha value is -2.27. The van der Waals surface area contributed by atoms with Crippen LogP contribution in [0.15, 0.2) is 36.5 Å². The topological polar surface area (TPSA) is 60.5 Å². The number of carbonyl (C=O) groups is 1. The smallest absolute Gasteiger partial charge is 0.253 e. The molecule has 20 heavy (non-hydrogen) atoms. The quantitative estimate of drug-likeness (QED) is 0.882. The number of hydrogen-bond donors (Lipinski definition) is 1. The highest BCUT2D eigenvalue weighted by molar-refractivity contribution is 6.29. The van der Waals surface area contributed by atoms with E-state index < -0.39 is 0 Å². The summed E-state index contributed by atoms with van der Waals surface area (Å²) in [5.41, 5.74) is 1.33. The van der Waals surface area contributed by atoms with E-state index in [9.17, 15) is 4.79 Å². The molecule has 0 bridgehead atoms. The van der Waals surface area contributed by atoms with Crippen LogP contribution in [-0.2, 0) is 6.54 Å². The summed E-state index contributed by atoms with van der Waals surface area (Å²) in [4.78, 5) is 15.8. The number of para-hydroxylation sites is 1. The molecule has 1 N–H and O–H groups in total. The number of carbonyl (C=O) groups excluding carboxylic acids is 1. The third kappa shape index (κ3) is 2.53. The molecule has 0 unspecified atom stereocenters. The summed E-state index contributed by atoms with van der Waals surface area (Å²) in [7, 11) is 0. The summed E-state index contributed by atoms with van der Waals surface area (Å²) in [5, 5.41) is 3.16. The molecule has 1 aliphatic rings. The lowest BCUT2D eigenvalue weighted by molar-refractivity contribution is 0.0950. The standard InChI is InChI=1S/C14H11ClN2O3/c15-12-5-4-10(7-16-12)14(18)17-6-9-2-1-3-11-13(9)20-8-19-11/h1-5,7H,6,8H2,(H,17,18). The van der Waals surface area contributed by atoms with Gasteiger partial charge < -0.3 is 14.8 Å². The minimum Gasteiger partial charge on any atom is -0.454 e. The van der Waals surface area contributed by atoms with Gasteiger partial charge in [-0.1, -0.05) is 23.7 Å². The van der Waals surface area contributed by atoms with Crippen LogP contribution >= 0.6 is 11.6 Å².